The number of nitrogens with one attached hydrogen (secondary N) is 1. The largest absolute Gasteiger partial charge is 0.466 e. The van der Waals surface area contributed by atoms with E-state index in [4.69, 9.17) is 25.8 Å². The lowest BCUT2D eigenvalue weighted by atomic mass is 9.80. The van der Waals surface area contributed by atoms with Crippen molar-refractivity contribution in [2.24, 2.45) is 0 Å². The molecule has 6 nitrogen and oxygen atoms in total. The summed E-state index contributed by atoms with van der Waals surface area (Å²) in [5.74, 6) is -1.80. The van der Waals surface area contributed by atoms with E-state index in [1.165, 1.54) is 14.2 Å². The number of esters is 2. The van der Waals surface area contributed by atoms with Gasteiger partial charge < -0.3 is 19.5 Å². The zero-order valence-electron chi connectivity index (χ0n) is 15.2. The van der Waals surface area contributed by atoms with Crippen LogP contribution in [0.5, 0.6) is 0 Å². The normalized spacial score (nSPS) is 17.0. The highest BCUT2D eigenvalue weighted by molar-refractivity contribution is 6.31. The van der Waals surface area contributed by atoms with Crippen LogP contribution in [0.25, 0.3) is 0 Å². The number of methoxy groups -OCH3 is 2. The van der Waals surface area contributed by atoms with E-state index < -0.39 is 17.9 Å². The van der Waals surface area contributed by atoms with Gasteiger partial charge in [-0.05, 0) is 25.5 Å². The Morgan fingerprint density at radius 2 is 1.85 bits per heavy atom. The van der Waals surface area contributed by atoms with Gasteiger partial charge in [0.05, 0.1) is 43.1 Å². The molecule has 0 aromatic heterocycles. The quantitative estimate of drug-likeness (QED) is 0.766. The fraction of sp³-hybridized carbons (Fsp3) is 0.368. The summed E-state index contributed by atoms with van der Waals surface area (Å²) in [4.78, 5) is 25.2. The van der Waals surface area contributed by atoms with Crippen LogP contribution in [0.4, 0.5) is 0 Å². The average Bonchev–Trinajstić information content (AvgIpc) is 2.61. The highest BCUT2D eigenvalue weighted by atomic mass is 35.5. The van der Waals surface area contributed by atoms with Crippen molar-refractivity contribution >= 4 is 23.5 Å². The lowest BCUT2D eigenvalue weighted by molar-refractivity contribution is -0.139. The minimum absolute atomic E-state index is 0.154. The van der Waals surface area contributed by atoms with Gasteiger partial charge in [-0.2, -0.15) is 0 Å². The molecular formula is C19H22ClNO5. The van der Waals surface area contributed by atoms with Gasteiger partial charge in [-0.3, -0.25) is 0 Å². The molecule has 0 unspecified atom stereocenters. The summed E-state index contributed by atoms with van der Waals surface area (Å²) in [5.41, 5.74) is 2.31. The van der Waals surface area contributed by atoms with Gasteiger partial charge in [0.2, 0.25) is 0 Å². The third-order valence-corrected chi connectivity index (χ3v) is 4.39. The molecule has 7 heteroatoms. The monoisotopic (exact) mass is 379 g/mol. The van der Waals surface area contributed by atoms with Crippen molar-refractivity contribution in [2.45, 2.75) is 19.8 Å². The SMILES string of the molecule is CCOC(=O)C1=C(COC)NC(C)=C(C(=O)OC)[C@H]1c1ccccc1Cl. The van der Waals surface area contributed by atoms with Gasteiger partial charge in [0.1, 0.15) is 0 Å². The molecule has 1 N–H and O–H groups in total. The molecule has 2 rings (SSSR count). The van der Waals surface area contributed by atoms with Gasteiger partial charge in [0, 0.05) is 17.8 Å². The second kappa shape index (κ2) is 8.87. The topological polar surface area (TPSA) is 73.9 Å². The van der Waals surface area contributed by atoms with E-state index in [-0.39, 0.29) is 18.8 Å². The number of halogens is 1. The number of dihydropyridines is 1. The highest BCUT2D eigenvalue weighted by Crippen LogP contribution is 2.41. The van der Waals surface area contributed by atoms with Crippen molar-refractivity contribution in [3.05, 3.63) is 57.4 Å². The predicted octanol–water partition coefficient (Wildman–Crippen LogP) is 2.94. The Balaban J connectivity index is 2.74. The summed E-state index contributed by atoms with van der Waals surface area (Å²) < 4.78 is 15.4. The lowest BCUT2D eigenvalue weighted by Crippen LogP contribution is -2.34. The molecule has 0 radical (unpaired) electrons. The molecule has 0 amide bonds. The zero-order valence-corrected chi connectivity index (χ0v) is 16.0. The molecular weight excluding hydrogens is 358 g/mol. The highest BCUT2D eigenvalue weighted by Gasteiger charge is 2.39. The maximum absolute atomic E-state index is 12.7. The minimum atomic E-state index is -0.721. The summed E-state index contributed by atoms with van der Waals surface area (Å²) >= 11 is 6.39. The number of hydrogen-bond acceptors (Lipinski definition) is 6. The predicted molar refractivity (Wildman–Crippen MR) is 97.6 cm³/mol. The van der Waals surface area contributed by atoms with Crippen molar-refractivity contribution in [3.63, 3.8) is 0 Å². The van der Waals surface area contributed by atoms with Crippen LogP contribution < -0.4 is 5.32 Å². The first-order valence-corrected chi connectivity index (χ1v) is 8.53. The van der Waals surface area contributed by atoms with E-state index in [0.29, 0.717) is 27.6 Å². The van der Waals surface area contributed by atoms with Gasteiger partial charge in [0.25, 0.3) is 0 Å². The van der Waals surface area contributed by atoms with Gasteiger partial charge >= 0.3 is 11.9 Å². The van der Waals surface area contributed by atoms with Gasteiger partial charge in [-0.15, -0.1) is 0 Å². The molecule has 1 aliphatic rings. The lowest BCUT2D eigenvalue weighted by Gasteiger charge is -2.31. The van der Waals surface area contributed by atoms with E-state index in [9.17, 15) is 9.59 Å². The molecule has 140 valence electrons. The molecule has 1 aliphatic heterocycles. The van der Waals surface area contributed by atoms with Crippen molar-refractivity contribution in [1.29, 1.82) is 0 Å². The maximum Gasteiger partial charge on any atom is 0.336 e. The third kappa shape index (κ3) is 3.92. The van der Waals surface area contributed by atoms with Gasteiger partial charge in [0.15, 0.2) is 0 Å². The van der Waals surface area contributed by atoms with Crippen LogP contribution in [0, 0.1) is 0 Å². The van der Waals surface area contributed by atoms with Gasteiger partial charge in [-0.25, -0.2) is 9.59 Å². The Bertz CT molecular complexity index is 769. The molecule has 1 aromatic carbocycles. The summed E-state index contributed by atoms with van der Waals surface area (Å²) in [6.45, 7) is 3.82. The number of carbonyl (C=O) groups excluding carboxylic acids is 2. The summed E-state index contributed by atoms with van der Waals surface area (Å²) in [5, 5.41) is 3.52. The van der Waals surface area contributed by atoms with Crippen LogP contribution in [0.2, 0.25) is 5.02 Å². The average molecular weight is 380 g/mol. The Hall–Kier alpha value is -2.31. The number of carbonyl (C=O) groups is 2. The summed E-state index contributed by atoms with van der Waals surface area (Å²) in [7, 11) is 2.82. The van der Waals surface area contributed by atoms with Crippen LogP contribution >= 0.6 is 11.6 Å². The minimum Gasteiger partial charge on any atom is -0.466 e. The van der Waals surface area contributed by atoms with E-state index in [1.54, 1.807) is 38.1 Å². The Labute approximate surface area is 157 Å². The van der Waals surface area contributed by atoms with E-state index in [2.05, 4.69) is 5.32 Å². The molecule has 0 spiro atoms. The molecule has 0 saturated carbocycles. The molecule has 0 aliphatic carbocycles. The van der Waals surface area contributed by atoms with Crippen molar-refractivity contribution in [1.82, 2.24) is 5.32 Å². The molecule has 1 aromatic rings. The first kappa shape index (κ1) is 20.0. The van der Waals surface area contributed by atoms with E-state index in [1.807, 2.05) is 0 Å². The molecule has 1 heterocycles. The van der Waals surface area contributed by atoms with Crippen LogP contribution in [-0.2, 0) is 23.8 Å². The number of rotatable bonds is 6. The number of allylic oxidation sites excluding steroid dienone is 1. The Kier molecular flexibility index (Phi) is 6.83. The zero-order chi connectivity index (χ0) is 19.3. The molecule has 0 bridgehead atoms. The van der Waals surface area contributed by atoms with Crippen LogP contribution in [0.15, 0.2) is 46.8 Å². The number of benzene rings is 1. The van der Waals surface area contributed by atoms with E-state index in [0.717, 1.165) is 0 Å². The summed E-state index contributed by atoms with van der Waals surface area (Å²) in [6, 6.07) is 7.07. The van der Waals surface area contributed by atoms with Crippen LogP contribution in [-0.4, -0.2) is 39.4 Å². The van der Waals surface area contributed by atoms with Gasteiger partial charge in [-0.1, -0.05) is 29.8 Å². The molecule has 26 heavy (non-hydrogen) atoms. The first-order valence-electron chi connectivity index (χ1n) is 8.15. The fourth-order valence-corrected chi connectivity index (χ4v) is 3.25. The fourth-order valence-electron chi connectivity index (χ4n) is 3.01. The smallest absolute Gasteiger partial charge is 0.336 e. The Morgan fingerprint density at radius 3 is 2.42 bits per heavy atom. The second-order valence-corrected chi connectivity index (χ2v) is 6.06. The number of ether oxygens (including phenoxy) is 3. The van der Waals surface area contributed by atoms with Crippen molar-refractivity contribution < 1.29 is 23.8 Å². The Morgan fingerprint density at radius 1 is 1.15 bits per heavy atom. The maximum atomic E-state index is 12.7. The first-order chi connectivity index (χ1) is 12.5. The number of hydrogen-bond donors (Lipinski definition) is 1. The molecule has 0 fully saturated rings. The molecule has 0 saturated heterocycles. The summed E-state index contributed by atoms with van der Waals surface area (Å²) in [6.07, 6.45) is 0. The standard InChI is InChI=1S/C19H22ClNO5/c1-5-26-19(23)17-14(10-24-3)21-11(2)15(18(22)25-4)16(17)12-8-6-7-9-13(12)20/h6-9,16,21H,5,10H2,1-4H3/t16-/m1/s1. The van der Waals surface area contributed by atoms with Crippen molar-refractivity contribution in [2.75, 3.05) is 27.4 Å². The molecule has 1 atom stereocenters. The third-order valence-electron chi connectivity index (χ3n) is 4.05. The van der Waals surface area contributed by atoms with Crippen molar-refractivity contribution in [3.8, 4) is 0 Å². The second-order valence-electron chi connectivity index (χ2n) is 5.66. The van der Waals surface area contributed by atoms with Crippen LogP contribution in [0.3, 0.4) is 0 Å². The van der Waals surface area contributed by atoms with Crippen LogP contribution in [0.1, 0.15) is 25.3 Å². The van der Waals surface area contributed by atoms with E-state index >= 15 is 0 Å².